The second-order valence-corrected chi connectivity index (χ2v) is 7.69. The van der Waals surface area contributed by atoms with Crippen molar-refractivity contribution in [3.63, 3.8) is 0 Å². The molecule has 1 aliphatic rings. The Kier molecular flexibility index (Phi) is 4.29. The van der Waals surface area contributed by atoms with Gasteiger partial charge in [0.05, 0.1) is 17.5 Å². The Balaban J connectivity index is 2.02. The predicted octanol–water partition coefficient (Wildman–Crippen LogP) is 0.725. The number of aromatic nitrogens is 2. The van der Waals surface area contributed by atoms with Crippen LogP contribution in [0.15, 0.2) is 4.52 Å². The molecule has 18 heavy (non-hydrogen) atoms. The Bertz CT molecular complexity index is 500. The van der Waals surface area contributed by atoms with Gasteiger partial charge in [0.2, 0.25) is 5.89 Å². The molecular formula is C10H17N3O3S2. The minimum Gasteiger partial charge on any atom is -0.338 e. The second kappa shape index (κ2) is 5.58. The van der Waals surface area contributed by atoms with Crippen molar-refractivity contribution in [3.05, 3.63) is 11.7 Å². The van der Waals surface area contributed by atoms with Gasteiger partial charge in [-0.1, -0.05) is 5.16 Å². The molecule has 8 heteroatoms. The van der Waals surface area contributed by atoms with Gasteiger partial charge >= 0.3 is 0 Å². The average Bonchev–Trinajstić information content (AvgIpc) is 2.92. The van der Waals surface area contributed by atoms with Gasteiger partial charge in [-0.3, -0.25) is 0 Å². The van der Waals surface area contributed by atoms with E-state index < -0.39 is 9.84 Å². The van der Waals surface area contributed by atoms with Crippen molar-refractivity contribution in [2.24, 2.45) is 5.73 Å². The summed E-state index contributed by atoms with van der Waals surface area (Å²) >= 11 is 1.71. The van der Waals surface area contributed by atoms with E-state index in [0.717, 1.165) is 12.2 Å². The summed E-state index contributed by atoms with van der Waals surface area (Å²) in [4.78, 5) is 4.23. The third kappa shape index (κ3) is 3.24. The minimum absolute atomic E-state index is 0.117. The lowest BCUT2D eigenvalue weighted by molar-refractivity contribution is 0.347. The first-order chi connectivity index (χ1) is 8.52. The van der Waals surface area contributed by atoms with Crippen LogP contribution in [0.2, 0.25) is 0 Å². The molecule has 2 rings (SSSR count). The third-order valence-electron chi connectivity index (χ3n) is 3.01. The molecule has 0 amide bonds. The van der Waals surface area contributed by atoms with E-state index >= 15 is 0 Å². The summed E-state index contributed by atoms with van der Waals surface area (Å²) in [5.41, 5.74) is 5.92. The van der Waals surface area contributed by atoms with Crippen molar-refractivity contribution >= 4 is 21.6 Å². The molecular weight excluding hydrogens is 274 g/mol. The number of thioether (sulfide) groups is 1. The Morgan fingerprint density at radius 2 is 2.39 bits per heavy atom. The standard InChI is InChI=1S/C10H17N3O3S2/c1-17-4-2-8(11)10-12-9(13-16-10)7-3-5-18(14,15)6-7/h7-8H,2-6,11H2,1H3/t7?,8-/m1/s1. The Morgan fingerprint density at radius 1 is 1.61 bits per heavy atom. The number of hydrogen-bond donors (Lipinski definition) is 1. The SMILES string of the molecule is CSCC[C@@H](N)c1nc(C2CCS(=O)(=O)C2)no1. The number of nitrogens with zero attached hydrogens (tertiary/aromatic N) is 2. The number of rotatable bonds is 5. The number of nitrogens with two attached hydrogens (primary N) is 1. The van der Waals surface area contributed by atoms with E-state index in [9.17, 15) is 8.42 Å². The van der Waals surface area contributed by atoms with Crippen LogP contribution in [0.5, 0.6) is 0 Å². The van der Waals surface area contributed by atoms with Crippen LogP contribution in [0, 0.1) is 0 Å². The fourth-order valence-electron chi connectivity index (χ4n) is 1.93. The van der Waals surface area contributed by atoms with Crippen molar-refractivity contribution in [2.45, 2.75) is 24.8 Å². The summed E-state index contributed by atoms with van der Waals surface area (Å²) in [5, 5.41) is 3.86. The zero-order chi connectivity index (χ0) is 13.2. The zero-order valence-corrected chi connectivity index (χ0v) is 11.8. The molecule has 1 unspecified atom stereocenters. The van der Waals surface area contributed by atoms with Crippen LogP contribution in [-0.2, 0) is 9.84 Å². The summed E-state index contributed by atoms with van der Waals surface area (Å²) in [7, 11) is -2.93. The normalized spacial score (nSPS) is 24.2. The lowest BCUT2D eigenvalue weighted by Crippen LogP contribution is -2.12. The lowest BCUT2D eigenvalue weighted by atomic mass is 10.1. The van der Waals surface area contributed by atoms with Crippen LogP contribution in [0.3, 0.4) is 0 Å². The van der Waals surface area contributed by atoms with Gasteiger partial charge in [-0.05, 0) is 24.9 Å². The molecule has 0 saturated carbocycles. The number of hydrogen-bond acceptors (Lipinski definition) is 7. The highest BCUT2D eigenvalue weighted by atomic mass is 32.2. The lowest BCUT2D eigenvalue weighted by Gasteiger charge is -2.04. The molecule has 2 heterocycles. The van der Waals surface area contributed by atoms with Gasteiger partial charge in [-0.2, -0.15) is 16.7 Å². The van der Waals surface area contributed by atoms with Crippen molar-refractivity contribution in [1.29, 1.82) is 0 Å². The molecule has 0 aromatic carbocycles. The summed E-state index contributed by atoms with van der Waals surface area (Å²) in [6.07, 6.45) is 3.35. The largest absolute Gasteiger partial charge is 0.338 e. The quantitative estimate of drug-likeness (QED) is 0.853. The molecule has 0 aliphatic carbocycles. The van der Waals surface area contributed by atoms with E-state index in [0.29, 0.717) is 18.1 Å². The maximum atomic E-state index is 11.4. The van der Waals surface area contributed by atoms with Crippen molar-refractivity contribution in [3.8, 4) is 0 Å². The molecule has 6 nitrogen and oxygen atoms in total. The highest BCUT2D eigenvalue weighted by Crippen LogP contribution is 2.27. The molecule has 1 fully saturated rings. The van der Waals surface area contributed by atoms with E-state index in [1.54, 1.807) is 11.8 Å². The summed E-state index contributed by atoms with van der Waals surface area (Å²) in [6, 6.07) is -0.267. The predicted molar refractivity (Wildman–Crippen MR) is 70.2 cm³/mol. The highest BCUT2D eigenvalue weighted by molar-refractivity contribution is 7.98. The molecule has 0 bridgehead atoms. The maximum absolute atomic E-state index is 11.4. The topological polar surface area (TPSA) is 99.1 Å². The van der Waals surface area contributed by atoms with Crippen molar-refractivity contribution in [1.82, 2.24) is 10.1 Å². The average molecular weight is 291 g/mol. The van der Waals surface area contributed by atoms with E-state index in [1.807, 2.05) is 6.26 Å². The van der Waals surface area contributed by atoms with E-state index in [-0.39, 0.29) is 23.5 Å². The van der Waals surface area contributed by atoms with E-state index in [2.05, 4.69) is 10.1 Å². The molecule has 1 saturated heterocycles. The first kappa shape index (κ1) is 13.8. The van der Waals surface area contributed by atoms with Gasteiger partial charge < -0.3 is 10.3 Å². The highest BCUT2D eigenvalue weighted by Gasteiger charge is 2.32. The zero-order valence-electron chi connectivity index (χ0n) is 10.2. The van der Waals surface area contributed by atoms with Crippen LogP contribution >= 0.6 is 11.8 Å². The summed E-state index contributed by atoms with van der Waals surface area (Å²) in [6.45, 7) is 0. The summed E-state index contributed by atoms with van der Waals surface area (Å²) in [5.74, 6) is 2.00. The van der Waals surface area contributed by atoms with Crippen LogP contribution < -0.4 is 5.73 Å². The second-order valence-electron chi connectivity index (χ2n) is 4.48. The fraction of sp³-hybridized carbons (Fsp3) is 0.800. The van der Waals surface area contributed by atoms with Gasteiger partial charge in [-0.25, -0.2) is 8.42 Å². The first-order valence-electron chi connectivity index (χ1n) is 5.80. The Morgan fingerprint density at radius 3 is 3.00 bits per heavy atom. The van der Waals surface area contributed by atoms with Crippen LogP contribution in [0.1, 0.15) is 36.5 Å². The molecule has 0 radical (unpaired) electrons. The van der Waals surface area contributed by atoms with Gasteiger partial charge in [0, 0.05) is 5.92 Å². The smallest absolute Gasteiger partial charge is 0.243 e. The Hall–Kier alpha value is -0.600. The van der Waals surface area contributed by atoms with Gasteiger partial charge in [0.15, 0.2) is 15.7 Å². The molecule has 0 spiro atoms. The molecule has 102 valence electrons. The molecule has 2 N–H and O–H groups in total. The fourth-order valence-corrected chi connectivity index (χ4v) is 4.16. The molecule has 1 aliphatic heterocycles. The Labute approximate surface area is 111 Å². The van der Waals surface area contributed by atoms with Crippen LogP contribution in [0.25, 0.3) is 0 Å². The third-order valence-corrected chi connectivity index (χ3v) is 5.42. The maximum Gasteiger partial charge on any atom is 0.243 e. The van der Waals surface area contributed by atoms with Crippen LogP contribution in [0.4, 0.5) is 0 Å². The van der Waals surface area contributed by atoms with Gasteiger partial charge in [0.1, 0.15) is 0 Å². The monoisotopic (exact) mass is 291 g/mol. The van der Waals surface area contributed by atoms with E-state index in [1.165, 1.54) is 0 Å². The summed E-state index contributed by atoms with van der Waals surface area (Å²) < 4.78 is 27.9. The first-order valence-corrected chi connectivity index (χ1v) is 9.02. The minimum atomic E-state index is -2.93. The number of sulfone groups is 1. The van der Waals surface area contributed by atoms with Crippen LogP contribution in [-0.4, -0.2) is 42.1 Å². The van der Waals surface area contributed by atoms with Crippen molar-refractivity contribution in [2.75, 3.05) is 23.5 Å². The van der Waals surface area contributed by atoms with Crippen molar-refractivity contribution < 1.29 is 12.9 Å². The molecule has 1 aromatic heterocycles. The van der Waals surface area contributed by atoms with Gasteiger partial charge in [0.25, 0.3) is 0 Å². The molecule has 2 atom stereocenters. The van der Waals surface area contributed by atoms with E-state index in [4.69, 9.17) is 10.3 Å². The van der Waals surface area contributed by atoms with Gasteiger partial charge in [-0.15, -0.1) is 0 Å². The molecule has 1 aromatic rings.